The fraction of sp³-hybridized carbons (Fsp3) is 0.400. The Hall–Kier alpha value is -0.663. The van der Waals surface area contributed by atoms with Crippen molar-refractivity contribution < 1.29 is 4.74 Å². The molecule has 0 amide bonds. The van der Waals surface area contributed by atoms with Crippen molar-refractivity contribution in [1.82, 2.24) is 9.55 Å². The summed E-state index contributed by atoms with van der Waals surface area (Å²) in [7, 11) is -1.01. The predicted octanol–water partition coefficient (Wildman–Crippen LogP) is 4.47. The molecule has 1 heterocycles. The SMILES string of the molecule is C[Si](C)(C)CCOCn1ccnc1-c1ccc(I)cc1. The third-order valence-corrected chi connectivity index (χ3v) is 5.47. The van der Waals surface area contributed by atoms with Crippen molar-refractivity contribution in [3.63, 3.8) is 0 Å². The van der Waals surface area contributed by atoms with Crippen molar-refractivity contribution in [2.45, 2.75) is 32.4 Å². The first kappa shape index (κ1) is 15.7. The second-order valence-electron chi connectivity index (χ2n) is 6.08. The Morgan fingerprint density at radius 2 is 1.90 bits per heavy atom. The molecule has 2 rings (SSSR count). The summed E-state index contributed by atoms with van der Waals surface area (Å²) in [6.07, 6.45) is 3.80. The van der Waals surface area contributed by atoms with Gasteiger partial charge in [0, 0.05) is 36.2 Å². The van der Waals surface area contributed by atoms with Crippen LogP contribution in [0.2, 0.25) is 25.7 Å². The van der Waals surface area contributed by atoms with E-state index in [9.17, 15) is 0 Å². The molecule has 1 aromatic heterocycles. The van der Waals surface area contributed by atoms with E-state index in [1.165, 1.54) is 9.61 Å². The molecule has 0 saturated carbocycles. The molecule has 20 heavy (non-hydrogen) atoms. The molecule has 0 radical (unpaired) electrons. The monoisotopic (exact) mass is 400 g/mol. The molecular weight excluding hydrogens is 379 g/mol. The van der Waals surface area contributed by atoms with E-state index < -0.39 is 8.07 Å². The number of rotatable bonds is 6. The first-order valence-electron chi connectivity index (χ1n) is 6.80. The van der Waals surface area contributed by atoms with Crippen molar-refractivity contribution in [2.24, 2.45) is 0 Å². The summed E-state index contributed by atoms with van der Waals surface area (Å²) in [5.74, 6) is 0.967. The van der Waals surface area contributed by atoms with Gasteiger partial charge in [0.1, 0.15) is 12.6 Å². The molecule has 0 saturated heterocycles. The van der Waals surface area contributed by atoms with Crippen molar-refractivity contribution in [2.75, 3.05) is 6.61 Å². The van der Waals surface area contributed by atoms with E-state index >= 15 is 0 Å². The highest BCUT2D eigenvalue weighted by Crippen LogP contribution is 2.19. The molecule has 0 bridgehead atoms. The second-order valence-corrected chi connectivity index (χ2v) is 12.9. The molecule has 108 valence electrons. The Kier molecular flexibility index (Phi) is 5.40. The highest BCUT2D eigenvalue weighted by molar-refractivity contribution is 14.1. The summed E-state index contributed by atoms with van der Waals surface area (Å²) in [4.78, 5) is 4.43. The average molecular weight is 400 g/mol. The van der Waals surface area contributed by atoms with Crippen LogP contribution in [0.1, 0.15) is 0 Å². The normalized spacial score (nSPS) is 11.8. The average Bonchev–Trinajstić information content (AvgIpc) is 2.83. The molecule has 0 atom stereocenters. The molecule has 5 heteroatoms. The van der Waals surface area contributed by atoms with Crippen LogP contribution in [-0.2, 0) is 11.5 Å². The molecular formula is C15H21IN2OSi. The zero-order chi connectivity index (χ0) is 14.6. The van der Waals surface area contributed by atoms with Gasteiger partial charge in [0.2, 0.25) is 0 Å². The van der Waals surface area contributed by atoms with Crippen LogP contribution in [0.15, 0.2) is 36.7 Å². The van der Waals surface area contributed by atoms with Gasteiger partial charge in [0.25, 0.3) is 0 Å². The van der Waals surface area contributed by atoms with Crippen LogP contribution in [0.5, 0.6) is 0 Å². The number of hydrogen-bond acceptors (Lipinski definition) is 2. The third-order valence-electron chi connectivity index (χ3n) is 3.04. The van der Waals surface area contributed by atoms with E-state index in [4.69, 9.17) is 4.74 Å². The highest BCUT2D eigenvalue weighted by atomic mass is 127. The first-order valence-corrected chi connectivity index (χ1v) is 11.6. The Bertz CT molecular complexity index is 546. The third kappa shape index (κ3) is 4.71. The topological polar surface area (TPSA) is 27.1 Å². The maximum Gasteiger partial charge on any atom is 0.141 e. The number of nitrogens with zero attached hydrogens (tertiary/aromatic N) is 2. The summed E-state index contributed by atoms with van der Waals surface area (Å²) in [5, 5.41) is 0. The van der Waals surface area contributed by atoms with Crippen LogP contribution in [0, 0.1) is 3.57 Å². The standard InChI is InChI=1S/C15H21IN2OSi/c1-20(2,3)11-10-19-12-18-9-8-17-15(18)13-4-6-14(16)7-5-13/h4-9H,10-12H2,1-3H3. The van der Waals surface area contributed by atoms with Gasteiger partial charge in [-0.25, -0.2) is 4.98 Å². The summed E-state index contributed by atoms with van der Waals surface area (Å²) in [5.41, 5.74) is 1.13. The molecule has 2 aromatic rings. The lowest BCUT2D eigenvalue weighted by Crippen LogP contribution is -2.22. The van der Waals surface area contributed by atoms with Crippen LogP contribution >= 0.6 is 22.6 Å². The molecule has 0 aliphatic heterocycles. The van der Waals surface area contributed by atoms with Crippen LogP contribution < -0.4 is 0 Å². The number of halogens is 1. The van der Waals surface area contributed by atoms with Crippen LogP contribution in [-0.4, -0.2) is 24.2 Å². The van der Waals surface area contributed by atoms with Gasteiger partial charge in [-0.2, -0.15) is 0 Å². The second kappa shape index (κ2) is 6.86. The van der Waals surface area contributed by atoms with Gasteiger partial charge in [-0.05, 0) is 40.8 Å². The van der Waals surface area contributed by atoms with Crippen molar-refractivity contribution >= 4 is 30.7 Å². The van der Waals surface area contributed by atoms with Crippen molar-refractivity contribution in [3.8, 4) is 11.4 Å². The maximum absolute atomic E-state index is 5.80. The van der Waals surface area contributed by atoms with E-state index in [2.05, 4.69) is 76.0 Å². The van der Waals surface area contributed by atoms with Crippen LogP contribution in [0.25, 0.3) is 11.4 Å². The summed E-state index contributed by atoms with van der Waals surface area (Å²) < 4.78 is 9.09. The molecule has 0 N–H and O–H groups in total. The lowest BCUT2D eigenvalue weighted by atomic mass is 10.2. The lowest BCUT2D eigenvalue weighted by Gasteiger charge is -2.16. The minimum Gasteiger partial charge on any atom is -0.361 e. The maximum atomic E-state index is 5.80. The largest absolute Gasteiger partial charge is 0.361 e. The van der Waals surface area contributed by atoms with Gasteiger partial charge in [0.15, 0.2) is 0 Å². The smallest absolute Gasteiger partial charge is 0.141 e. The van der Waals surface area contributed by atoms with Crippen molar-refractivity contribution in [1.29, 1.82) is 0 Å². The summed E-state index contributed by atoms with van der Waals surface area (Å²) in [6, 6.07) is 9.59. The van der Waals surface area contributed by atoms with E-state index in [0.29, 0.717) is 6.73 Å². The van der Waals surface area contributed by atoms with Gasteiger partial charge >= 0.3 is 0 Å². The molecule has 0 fully saturated rings. The number of ether oxygens (including phenoxy) is 1. The van der Waals surface area contributed by atoms with Gasteiger partial charge < -0.3 is 9.30 Å². The number of hydrogen-bond donors (Lipinski definition) is 0. The van der Waals surface area contributed by atoms with E-state index in [1.54, 1.807) is 0 Å². The number of imidazole rings is 1. The zero-order valence-electron chi connectivity index (χ0n) is 12.3. The molecule has 0 aliphatic rings. The van der Waals surface area contributed by atoms with E-state index in [1.807, 2.05) is 12.4 Å². The minimum atomic E-state index is -1.01. The van der Waals surface area contributed by atoms with E-state index in [0.717, 1.165) is 18.0 Å². The van der Waals surface area contributed by atoms with Gasteiger partial charge in [-0.15, -0.1) is 0 Å². The predicted molar refractivity (Wildman–Crippen MR) is 94.5 cm³/mol. The number of aromatic nitrogens is 2. The first-order chi connectivity index (χ1) is 9.46. The Morgan fingerprint density at radius 3 is 2.55 bits per heavy atom. The van der Waals surface area contributed by atoms with Crippen LogP contribution in [0.3, 0.4) is 0 Å². The summed E-state index contributed by atoms with van der Waals surface area (Å²) in [6.45, 7) is 8.51. The Balaban J connectivity index is 1.97. The number of benzene rings is 1. The molecule has 0 spiro atoms. The highest BCUT2D eigenvalue weighted by Gasteiger charge is 2.12. The van der Waals surface area contributed by atoms with E-state index in [-0.39, 0.29) is 0 Å². The summed E-state index contributed by atoms with van der Waals surface area (Å²) >= 11 is 2.31. The van der Waals surface area contributed by atoms with Crippen LogP contribution in [0.4, 0.5) is 0 Å². The lowest BCUT2D eigenvalue weighted by molar-refractivity contribution is 0.0883. The molecule has 0 aliphatic carbocycles. The Labute approximate surface area is 135 Å². The quantitative estimate of drug-likeness (QED) is 0.407. The van der Waals surface area contributed by atoms with Crippen molar-refractivity contribution in [3.05, 3.63) is 40.2 Å². The van der Waals surface area contributed by atoms with Gasteiger partial charge in [0.05, 0.1) is 0 Å². The van der Waals surface area contributed by atoms with Gasteiger partial charge in [-0.1, -0.05) is 31.8 Å². The minimum absolute atomic E-state index is 0.575. The Morgan fingerprint density at radius 1 is 1.20 bits per heavy atom. The molecule has 0 unspecified atom stereocenters. The fourth-order valence-electron chi connectivity index (χ4n) is 1.81. The molecule has 3 nitrogen and oxygen atoms in total. The fourth-order valence-corrected chi connectivity index (χ4v) is 2.93. The van der Waals surface area contributed by atoms with Gasteiger partial charge in [-0.3, -0.25) is 0 Å². The molecule has 1 aromatic carbocycles. The zero-order valence-corrected chi connectivity index (χ0v) is 15.4.